The zero-order chi connectivity index (χ0) is 20.3. The van der Waals surface area contributed by atoms with Gasteiger partial charge in [-0.1, -0.05) is 28.1 Å². The highest BCUT2D eigenvalue weighted by atomic mass is 79.9. The third-order valence-corrected chi connectivity index (χ3v) is 6.28. The molecule has 0 spiro atoms. The number of hydrogen-bond donors (Lipinski definition) is 0. The van der Waals surface area contributed by atoms with Crippen molar-refractivity contribution < 1.29 is 13.6 Å². The van der Waals surface area contributed by atoms with Crippen LogP contribution in [0, 0.1) is 12.7 Å². The Kier molecular flexibility index (Phi) is 4.15. The van der Waals surface area contributed by atoms with Gasteiger partial charge in [-0.05, 0) is 42.8 Å². The van der Waals surface area contributed by atoms with Crippen LogP contribution in [-0.2, 0) is 0 Å². The van der Waals surface area contributed by atoms with Gasteiger partial charge in [-0.3, -0.25) is 14.5 Å². The molecule has 144 valence electrons. The standard InChI is InChI=1S/C21H12BrFN2O3S/c1-10-9-29-21(24-10)25-17(11-2-5-13(23)6-3-11)16-18(26)14-8-12(22)4-7-15(14)28-19(16)20(25)27/h2-9,17H,1H3/t17-/m0/s1. The van der Waals surface area contributed by atoms with E-state index in [1.807, 2.05) is 12.3 Å². The number of carbonyl (C=O) groups excluding carboxylic acids is 1. The highest BCUT2D eigenvalue weighted by Gasteiger charge is 2.44. The van der Waals surface area contributed by atoms with Crippen molar-refractivity contribution in [2.45, 2.75) is 13.0 Å². The van der Waals surface area contributed by atoms with Crippen molar-refractivity contribution in [1.29, 1.82) is 0 Å². The van der Waals surface area contributed by atoms with Gasteiger partial charge < -0.3 is 4.42 Å². The van der Waals surface area contributed by atoms with E-state index in [-0.39, 0.29) is 16.8 Å². The van der Waals surface area contributed by atoms with E-state index in [1.54, 1.807) is 30.3 Å². The lowest BCUT2D eigenvalue weighted by molar-refractivity contribution is 0.0971. The van der Waals surface area contributed by atoms with Crippen molar-refractivity contribution >= 4 is 49.3 Å². The van der Waals surface area contributed by atoms with Gasteiger partial charge in [-0.2, -0.15) is 0 Å². The first-order chi connectivity index (χ1) is 13.9. The summed E-state index contributed by atoms with van der Waals surface area (Å²) in [5, 5.41) is 2.66. The number of aromatic nitrogens is 1. The number of fused-ring (bicyclic) bond motifs is 2. The van der Waals surface area contributed by atoms with Gasteiger partial charge in [0.1, 0.15) is 11.4 Å². The van der Waals surface area contributed by atoms with E-state index in [4.69, 9.17) is 4.42 Å². The van der Waals surface area contributed by atoms with Crippen molar-refractivity contribution in [3.05, 3.63) is 90.9 Å². The molecule has 0 fully saturated rings. The Labute approximate surface area is 176 Å². The van der Waals surface area contributed by atoms with Crippen LogP contribution in [0.4, 0.5) is 9.52 Å². The fourth-order valence-corrected chi connectivity index (χ4v) is 4.74. The average molecular weight is 471 g/mol. The Morgan fingerprint density at radius 2 is 1.93 bits per heavy atom. The number of halogens is 2. The van der Waals surface area contributed by atoms with Crippen LogP contribution in [0.15, 0.2) is 61.5 Å². The summed E-state index contributed by atoms with van der Waals surface area (Å²) in [6, 6.07) is 10.1. The molecule has 5 rings (SSSR count). The smallest absolute Gasteiger partial charge is 0.297 e. The molecule has 0 saturated carbocycles. The number of benzene rings is 2. The van der Waals surface area contributed by atoms with Crippen LogP contribution in [0.25, 0.3) is 11.0 Å². The predicted octanol–water partition coefficient (Wildman–Crippen LogP) is 5.21. The lowest BCUT2D eigenvalue weighted by Gasteiger charge is -2.22. The molecular weight excluding hydrogens is 459 g/mol. The largest absolute Gasteiger partial charge is 0.450 e. The fraction of sp³-hybridized carbons (Fsp3) is 0.0952. The second-order valence-electron chi connectivity index (χ2n) is 6.72. The molecule has 2 aromatic carbocycles. The summed E-state index contributed by atoms with van der Waals surface area (Å²) in [4.78, 5) is 32.6. The predicted molar refractivity (Wildman–Crippen MR) is 112 cm³/mol. The lowest BCUT2D eigenvalue weighted by atomic mass is 9.99. The summed E-state index contributed by atoms with van der Waals surface area (Å²) in [6.07, 6.45) is 0. The average Bonchev–Trinajstić information content (AvgIpc) is 3.25. The minimum Gasteiger partial charge on any atom is -0.450 e. The maximum absolute atomic E-state index is 13.5. The van der Waals surface area contributed by atoms with E-state index in [2.05, 4.69) is 20.9 Å². The molecule has 0 N–H and O–H groups in total. The monoisotopic (exact) mass is 470 g/mol. The van der Waals surface area contributed by atoms with Crippen LogP contribution < -0.4 is 10.3 Å². The molecule has 0 radical (unpaired) electrons. The summed E-state index contributed by atoms with van der Waals surface area (Å²) in [7, 11) is 0. The Hall–Kier alpha value is -2.84. The first-order valence-corrected chi connectivity index (χ1v) is 10.4. The molecule has 1 atom stereocenters. The molecular formula is C21H12BrFN2O3S. The van der Waals surface area contributed by atoms with Gasteiger partial charge in [0.2, 0.25) is 5.76 Å². The van der Waals surface area contributed by atoms with E-state index in [0.717, 1.165) is 10.2 Å². The molecule has 29 heavy (non-hydrogen) atoms. The number of rotatable bonds is 2. The second kappa shape index (κ2) is 6.60. The van der Waals surface area contributed by atoms with Crippen LogP contribution in [0.3, 0.4) is 0 Å². The molecule has 0 saturated heterocycles. The minimum atomic E-state index is -0.747. The van der Waals surface area contributed by atoms with E-state index in [9.17, 15) is 14.0 Å². The zero-order valence-electron chi connectivity index (χ0n) is 15.0. The van der Waals surface area contributed by atoms with Crippen molar-refractivity contribution in [2.24, 2.45) is 0 Å². The molecule has 1 aliphatic rings. The number of nitrogens with zero attached hydrogens (tertiary/aromatic N) is 2. The maximum Gasteiger partial charge on any atom is 0.297 e. The van der Waals surface area contributed by atoms with Crippen molar-refractivity contribution in [3.8, 4) is 0 Å². The normalized spacial score (nSPS) is 15.9. The van der Waals surface area contributed by atoms with Crippen LogP contribution in [0.5, 0.6) is 0 Å². The number of hydrogen-bond acceptors (Lipinski definition) is 5. The number of aryl methyl sites for hydroxylation is 1. The number of anilines is 1. The molecule has 2 aromatic heterocycles. The number of thiazole rings is 1. The van der Waals surface area contributed by atoms with E-state index < -0.39 is 17.8 Å². The third-order valence-electron chi connectivity index (χ3n) is 4.83. The Morgan fingerprint density at radius 1 is 1.17 bits per heavy atom. The third kappa shape index (κ3) is 2.82. The van der Waals surface area contributed by atoms with Crippen LogP contribution in [0.2, 0.25) is 0 Å². The highest BCUT2D eigenvalue weighted by molar-refractivity contribution is 9.10. The molecule has 1 amide bonds. The van der Waals surface area contributed by atoms with E-state index in [0.29, 0.717) is 21.7 Å². The molecule has 0 unspecified atom stereocenters. The minimum absolute atomic E-state index is 0.00741. The van der Waals surface area contributed by atoms with Gasteiger partial charge in [-0.25, -0.2) is 9.37 Å². The van der Waals surface area contributed by atoms with Crippen molar-refractivity contribution in [2.75, 3.05) is 4.90 Å². The van der Waals surface area contributed by atoms with Crippen LogP contribution in [-0.4, -0.2) is 10.9 Å². The van der Waals surface area contributed by atoms with Crippen LogP contribution >= 0.6 is 27.3 Å². The van der Waals surface area contributed by atoms with Gasteiger partial charge in [0.15, 0.2) is 10.6 Å². The van der Waals surface area contributed by atoms with Crippen molar-refractivity contribution in [3.63, 3.8) is 0 Å². The summed E-state index contributed by atoms with van der Waals surface area (Å²) < 4.78 is 20.1. The Balaban J connectivity index is 1.83. The molecule has 3 heterocycles. The van der Waals surface area contributed by atoms with Gasteiger partial charge in [0.05, 0.1) is 22.7 Å². The topological polar surface area (TPSA) is 63.4 Å². The molecule has 8 heteroatoms. The molecule has 1 aliphatic heterocycles. The zero-order valence-corrected chi connectivity index (χ0v) is 17.4. The Morgan fingerprint density at radius 3 is 2.62 bits per heavy atom. The van der Waals surface area contributed by atoms with Gasteiger partial charge in [-0.15, -0.1) is 11.3 Å². The van der Waals surface area contributed by atoms with Gasteiger partial charge in [0, 0.05) is 9.85 Å². The SMILES string of the molecule is Cc1csc(N2C(=O)c3oc4ccc(Br)cc4c(=O)c3[C@@H]2c2ccc(F)cc2)n1. The van der Waals surface area contributed by atoms with Gasteiger partial charge in [0.25, 0.3) is 5.91 Å². The van der Waals surface area contributed by atoms with E-state index >= 15 is 0 Å². The van der Waals surface area contributed by atoms with Crippen LogP contribution in [0.1, 0.15) is 33.4 Å². The maximum atomic E-state index is 13.5. The summed E-state index contributed by atoms with van der Waals surface area (Å²) in [5.41, 5.74) is 1.65. The van der Waals surface area contributed by atoms with E-state index in [1.165, 1.54) is 28.4 Å². The van der Waals surface area contributed by atoms with Gasteiger partial charge >= 0.3 is 0 Å². The molecule has 4 aromatic rings. The second-order valence-corrected chi connectivity index (χ2v) is 8.47. The first-order valence-electron chi connectivity index (χ1n) is 8.71. The van der Waals surface area contributed by atoms with Crippen molar-refractivity contribution in [1.82, 2.24) is 4.98 Å². The Bertz CT molecular complexity index is 1350. The fourth-order valence-electron chi connectivity index (χ4n) is 3.56. The summed E-state index contributed by atoms with van der Waals surface area (Å²) >= 11 is 4.67. The first kappa shape index (κ1) is 18.2. The molecule has 0 aliphatic carbocycles. The molecule has 0 bridgehead atoms. The number of amides is 1. The quantitative estimate of drug-likeness (QED) is 0.403. The summed E-state index contributed by atoms with van der Waals surface area (Å²) in [5.74, 6) is -0.845. The number of carbonyl (C=O) groups is 1. The summed E-state index contributed by atoms with van der Waals surface area (Å²) in [6.45, 7) is 1.83. The molecule has 5 nitrogen and oxygen atoms in total. The lowest BCUT2D eigenvalue weighted by Crippen LogP contribution is -2.29. The highest BCUT2D eigenvalue weighted by Crippen LogP contribution is 2.42.